The van der Waals surface area contributed by atoms with Crippen LogP contribution in [-0.2, 0) is 22.6 Å². The number of carbonyl (C=O) groups excluding carboxylic acids is 2. The minimum absolute atomic E-state index is 0.0357. The third-order valence-electron chi connectivity index (χ3n) is 6.11. The first-order valence-electron chi connectivity index (χ1n) is 10.8. The van der Waals surface area contributed by atoms with Crippen LogP contribution in [0.25, 0.3) is 5.76 Å². The number of benzene rings is 3. The van der Waals surface area contributed by atoms with Crippen LogP contribution in [0.4, 0.5) is 0 Å². The van der Waals surface area contributed by atoms with Crippen molar-refractivity contribution in [2.24, 2.45) is 0 Å². The molecule has 0 saturated carbocycles. The SMILES string of the molecule is C[C@@H]1Cc2cc(C(O)=C3C(=O)C(=O)N(Cc4ccccc4)[C@H]3c3ccc(O)cc3)ccc2O1. The van der Waals surface area contributed by atoms with Crippen LogP contribution in [0.3, 0.4) is 0 Å². The van der Waals surface area contributed by atoms with Crippen molar-refractivity contribution in [2.75, 3.05) is 0 Å². The number of phenolic OH excluding ortho intramolecular Hbond substituents is 1. The number of Topliss-reactive ketones (excluding diaryl/α,β-unsaturated/α-hetero) is 1. The van der Waals surface area contributed by atoms with E-state index in [0.717, 1.165) is 16.9 Å². The third kappa shape index (κ3) is 3.74. The molecule has 0 aliphatic carbocycles. The molecule has 0 bridgehead atoms. The second kappa shape index (κ2) is 8.13. The Morgan fingerprint density at radius 2 is 1.76 bits per heavy atom. The minimum Gasteiger partial charge on any atom is -0.508 e. The van der Waals surface area contributed by atoms with Gasteiger partial charge >= 0.3 is 0 Å². The standard InChI is InChI=1S/C27H23NO5/c1-16-13-20-14-19(9-12-22(20)33-16)25(30)23-24(18-7-10-21(29)11-8-18)28(27(32)26(23)31)15-17-5-3-2-4-6-17/h2-12,14,16,24,29-30H,13,15H2,1H3/t16-,24+/m1/s1. The van der Waals surface area contributed by atoms with Gasteiger partial charge < -0.3 is 19.8 Å². The van der Waals surface area contributed by atoms with Crippen molar-refractivity contribution in [2.45, 2.75) is 32.0 Å². The van der Waals surface area contributed by atoms with E-state index < -0.39 is 17.7 Å². The number of aromatic hydroxyl groups is 1. The van der Waals surface area contributed by atoms with E-state index in [1.54, 1.807) is 24.3 Å². The number of aliphatic hydroxyl groups is 1. The van der Waals surface area contributed by atoms with E-state index in [1.165, 1.54) is 17.0 Å². The van der Waals surface area contributed by atoms with Gasteiger partial charge in [-0.15, -0.1) is 0 Å². The highest BCUT2D eigenvalue weighted by Gasteiger charge is 2.46. The molecule has 6 heteroatoms. The third-order valence-corrected chi connectivity index (χ3v) is 6.11. The number of carbonyl (C=O) groups is 2. The number of amides is 1. The van der Waals surface area contributed by atoms with E-state index in [1.807, 2.05) is 43.3 Å². The van der Waals surface area contributed by atoms with Crippen LogP contribution in [0.2, 0.25) is 0 Å². The molecule has 1 saturated heterocycles. The van der Waals surface area contributed by atoms with Gasteiger partial charge in [0.25, 0.3) is 11.7 Å². The molecule has 5 rings (SSSR count). The molecule has 1 fully saturated rings. The smallest absolute Gasteiger partial charge is 0.295 e. The quantitative estimate of drug-likeness (QED) is 0.357. The van der Waals surface area contributed by atoms with E-state index in [4.69, 9.17) is 4.74 Å². The van der Waals surface area contributed by atoms with Crippen LogP contribution in [-0.4, -0.2) is 32.9 Å². The molecule has 0 aromatic heterocycles. The van der Waals surface area contributed by atoms with Crippen molar-refractivity contribution in [3.63, 3.8) is 0 Å². The highest BCUT2D eigenvalue weighted by atomic mass is 16.5. The fraction of sp³-hybridized carbons (Fsp3) is 0.185. The molecular formula is C27H23NO5. The molecule has 2 heterocycles. The molecular weight excluding hydrogens is 418 g/mol. The number of hydrogen-bond acceptors (Lipinski definition) is 5. The molecule has 0 radical (unpaired) electrons. The predicted octanol–water partition coefficient (Wildman–Crippen LogP) is 4.34. The lowest BCUT2D eigenvalue weighted by molar-refractivity contribution is -0.140. The number of likely N-dealkylation sites (tertiary alicyclic amines) is 1. The van der Waals surface area contributed by atoms with E-state index in [9.17, 15) is 19.8 Å². The molecule has 2 atom stereocenters. The van der Waals surface area contributed by atoms with Gasteiger partial charge in [-0.1, -0.05) is 42.5 Å². The maximum Gasteiger partial charge on any atom is 0.295 e. The largest absolute Gasteiger partial charge is 0.508 e. The molecule has 1 amide bonds. The molecule has 2 aliphatic heterocycles. The van der Waals surface area contributed by atoms with Crippen LogP contribution in [0.1, 0.15) is 35.2 Å². The van der Waals surface area contributed by atoms with E-state index in [0.29, 0.717) is 17.5 Å². The lowest BCUT2D eigenvalue weighted by Crippen LogP contribution is -2.29. The van der Waals surface area contributed by atoms with Crippen molar-refractivity contribution in [1.29, 1.82) is 0 Å². The molecule has 166 valence electrons. The van der Waals surface area contributed by atoms with Crippen LogP contribution in [0.5, 0.6) is 11.5 Å². The van der Waals surface area contributed by atoms with Crippen molar-refractivity contribution in [3.8, 4) is 11.5 Å². The average Bonchev–Trinajstić information content (AvgIpc) is 3.31. The highest BCUT2D eigenvalue weighted by molar-refractivity contribution is 6.46. The van der Waals surface area contributed by atoms with Crippen molar-refractivity contribution >= 4 is 17.4 Å². The first kappa shape index (κ1) is 20.8. The Labute approximate surface area is 191 Å². The zero-order valence-corrected chi connectivity index (χ0v) is 18.1. The normalized spacial score (nSPS) is 21.2. The number of ether oxygens (including phenoxy) is 1. The maximum atomic E-state index is 13.2. The van der Waals surface area contributed by atoms with Crippen LogP contribution < -0.4 is 4.74 Å². The number of phenols is 1. The number of nitrogens with zero attached hydrogens (tertiary/aromatic N) is 1. The van der Waals surface area contributed by atoms with Crippen molar-refractivity contribution in [3.05, 3.63) is 101 Å². The number of rotatable bonds is 4. The van der Waals surface area contributed by atoms with Gasteiger partial charge in [0.2, 0.25) is 0 Å². The minimum atomic E-state index is -0.783. The monoisotopic (exact) mass is 441 g/mol. The van der Waals surface area contributed by atoms with Gasteiger partial charge in [-0.05, 0) is 53.9 Å². The van der Waals surface area contributed by atoms with Crippen molar-refractivity contribution in [1.82, 2.24) is 4.90 Å². The fourth-order valence-corrected chi connectivity index (χ4v) is 4.55. The lowest BCUT2D eigenvalue weighted by atomic mass is 9.94. The Morgan fingerprint density at radius 3 is 2.48 bits per heavy atom. The Hall–Kier alpha value is -4.06. The van der Waals surface area contributed by atoms with E-state index in [2.05, 4.69) is 0 Å². The van der Waals surface area contributed by atoms with Gasteiger partial charge in [-0.3, -0.25) is 9.59 Å². The molecule has 0 unspecified atom stereocenters. The lowest BCUT2D eigenvalue weighted by Gasteiger charge is -2.25. The van der Waals surface area contributed by atoms with Gasteiger partial charge in [0.05, 0.1) is 11.6 Å². The van der Waals surface area contributed by atoms with Gasteiger partial charge in [-0.25, -0.2) is 0 Å². The molecule has 2 aliphatic rings. The Morgan fingerprint density at radius 1 is 1.03 bits per heavy atom. The van der Waals surface area contributed by atoms with Gasteiger partial charge in [0, 0.05) is 18.5 Å². The van der Waals surface area contributed by atoms with Crippen LogP contribution in [0, 0.1) is 0 Å². The van der Waals surface area contributed by atoms with E-state index >= 15 is 0 Å². The zero-order valence-electron chi connectivity index (χ0n) is 18.1. The number of ketones is 1. The van der Waals surface area contributed by atoms with Gasteiger partial charge in [0.1, 0.15) is 23.4 Å². The summed E-state index contributed by atoms with van der Waals surface area (Å²) in [5.41, 5.74) is 2.95. The fourth-order valence-electron chi connectivity index (χ4n) is 4.55. The zero-order chi connectivity index (χ0) is 23.1. The predicted molar refractivity (Wildman–Crippen MR) is 123 cm³/mol. The summed E-state index contributed by atoms with van der Waals surface area (Å²) in [4.78, 5) is 27.7. The molecule has 3 aromatic rings. The van der Waals surface area contributed by atoms with Crippen LogP contribution in [0.15, 0.2) is 78.4 Å². The summed E-state index contributed by atoms with van der Waals surface area (Å²) in [7, 11) is 0. The summed E-state index contributed by atoms with van der Waals surface area (Å²) < 4.78 is 5.74. The number of aliphatic hydroxyl groups excluding tert-OH is 1. The highest BCUT2D eigenvalue weighted by Crippen LogP contribution is 2.41. The van der Waals surface area contributed by atoms with Gasteiger partial charge in [0.15, 0.2) is 0 Å². The van der Waals surface area contributed by atoms with Gasteiger partial charge in [-0.2, -0.15) is 0 Å². The summed E-state index contributed by atoms with van der Waals surface area (Å²) in [5, 5.41) is 21.0. The second-order valence-electron chi connectivity index (χ2n) is 8.46. The molecule has 6 nitrogen and oxygen atoms in total. The van der Waals surface area contributed by atoms with Crippen LogP contribution >= 0.6 is 0 Å². The summed E-state index contributed by atoms with van der Waals surface area (Å²) in [6.45, 7) is 2.18. The maximum absolute atomic E-state index is 13.2. The number of hydrogen-bond donors (Lipinski definition) is 2. The Kier molecular flexibility index (Phi) is 5.13. The summed E-state index contributed by atoms with van der Waals surface area (Å²) in [6.07, 6.45) is 0.756. The molecule has 0 spiro atoms. The Bertz CT molecular complexity index is 1260. The topological polar surface area (TPSA) is 87.1 Å². The summed E-state index contributed by atoms with van der Waals surface area (Å²) in [5.74, 6) is -0.780. The first-order chi connectivity index (χ1) is 15.9. The number of fused-ring (bicyclic) bond motifs is 1. The Balaban J connectivity index is 1.62. The van der Waals surface area contributed by atoms with E-state index in [-0.39, 0.29) is 29.7 Å². The summed E-state index contributed by atoms with van der Waals surface area (Å²) >= 11 is 0. The summed E-state index contributed by atoms with van der Waals surface area (Å²) in [6, 6.07) is 20.2. The first-order valence-corrected chi connectivity index (χ1v) is 10.8. The molecule has 33 heavy (non-hydrogen) atoms. The molecule has 3 aromatic carbocycles. The van der Waals surface area contributed by atoms with Crippen molar-refractivity contribution < 1.29 is 24.5 Å². The second-order valence-corrected chi connectivity index (χ2v) is 8.46. The molecule has 2 N–H and O–H groups in total. The average molecular weight is 441 g/mol.